The zero-order chi connectivity index (χ0) is 55.7. The average molecular weight is 1070 g/mol. The topological polar surface area (TPSA) is 78.9 Å². The molecule has 6 heteroatoms. The Kier molecular flexibility index (Phi) is 60.8. The molecule has 0 aromatic carbocycles. The van der Waals surface area contributed by atoms with E-state index >= 15 is 0 Å². The van der Waals surface area contributed by atoms with Gasteiger partial charge in [0.1, 0.15) is 13.2 Å². The van der Waals surface area contributed by atoms with Gasteiger partial charge in [-0.25, -0.2) is 0 Å². The highest BCUT2D eigenvalue weighted by Crippen LogP contribution is 2.16. The highest BCUT2D eigenvalue weighted by molar-refractivity contribution is 5.71. The smallest absolute Gasteiger partial charge is 0.306 e. The van der Waals surface area contributed by atoms with Crippen LogP contribution < -0.4 is 0 Å². The standard InChI is InChI=1S/C71H118O6/c1-4-7-10-13-16-19-22-25-28-29-30-31-32-33-34-35-36-37-38-39-40-41-44-46-49-52-55-58-61-64-70(73)76-67-68(77-71(74)65-62-59-56-53-50-47-43-27-24-21-18-15-12-9-6-3)66-75-69(72)63-60-57-54-51-48-45-42-26-23-20-17-14-11-8-5-2/h8-9,11-12,17-18,20-22,25-27,29-30,42-43,48,50-51,53,68H,4-7,10,13-16,19,23-24,28,31-41,44-47,49,52,54-67H2,1-3H3/b11-8-,12-9-,20-17-,21-18-,25-22-,30-29-,42-26-,43-27-,51-48-,53-50-. The van der Waals surface area contributed by atoms with Crippen LogP contribution in [-0.2, 0) is 28.6 Å². The molecule has 0 rings (SSSR count). The largest absolute Gasteiger partial charge is 0.462 e. The molecule has 0 N–H and O–H groups in total. The summed E-state index contributed by atoms with van der Waals surface area (Å²) in [7, 11) is 0. The van der Waals surface area contributed by atoms with E-state index in [0.29, 0.717) is 25.7 Å². The van der Waals surface area contributed by atoms with E-state index in [9.17, 15) is 14.4 Å². The minimum absolute atomic E-state index is 0.109. The number of hydrogen-bond donors (Lipinski definition) is 0. The average Bonchev–Trinajstić information content (AvgIpc) is 3.43. The first kappa shape index (κ1) is 72.8. The molecule has 0 fully saturated rings. The summed E-state index contributed by atoms with van der Waals surface area (Å²) in [5, 5.41) is 0. The number of unbranched alkanes of at least 4 members (excludes halogenated alkanes) is 26. The first-order chi connectivity index (χ1) is 38.0. The Hall–Kier alpha value is -4.19. The van der Waals surface area contributed by atoms with Gasteiger partial charge in [-0.15, -0.1) is 0 Å². The van der Waals surface area contributed by atoms with Crippen LogP contribution in [0, 0.1) is 0 Å². The van der Waals surface area contributed by atoms with Crippen molar-refractivity contribution < 1.29 is 28.6 Å². The molecule has 0 radical (unpaired) electrons. The Labute approximate surface area is 475 Å². The zero-order valence-electron chi connectivity index (χ0n) is 50.2. The van der Waals surface area contributed by atoms with Crippen molar-refractivity contribution in [3.05, 3.63) is 122 Å². The monoisotopic (exact) mass is 1070 g/mol. The number of rotatable bonds is 57. The van der Waals surface area contributed by atoms with Crippen LogP contribution in [0.3, 0.4) is 0 Å². The Bertz CT molecular complexity index is 1600. The summed E-state index contributed by atoms with van der Waals surface area (Å²) < 4.78 is 16.8. The van der Waals surface area contributed by atoms with Crippen LogP contribution in [0.4, 0.5) is 0 Å². The number of carbonyl (C=O) groups excluding carboxylic acids is 3. The molecule has 0 heterocycles. The molecule has 0 aliphatic carbocycles. The van der Waals surface area contributed by atoms with E-state index < -0.39 is 6.10 Å². The van der Waals surface area contributed by atoms with Crippen molar-refractivity contribution >= 4 is 17.9 Å². The van der Waals surface area contributed by atoms with E-state index in [1.807, 2.05) is 0 Å². The van der Waals surface area contributed by atoms with Crippen molar-refractivity contribution in [1.29, 1.82) is 0 Å². The molecule has 77 heavy (non-hydrogen) atoms. The predicted octanol–water partition coefficient (Wildman–Crippen LogP) is 22.0. The third kappa shape index (κ3) is 62.5. The maximum atomic E-state index is 12.9. The van der Waals surface area contributed by atoms with Crippen LogP contribution in [0.15, 0.2) is 122 Å². The number of allylic oxidation sites excluding steroid dienone is 20. The van der Waals surface area contributed by atoms with E-state index in [4.69, 9.17) is 14.2 Å². The molecule has 6 nitrogen and oxygen atoms in total. The lowest BCUT2D eigenvalue weighted by Crippen LogP contribution is -2.30. The van der Waals surface area contributed by atoms with Gasteiger partial charge in [-0.05, 0) is 128 Å². The van der Waals surface area contributed by atoms with Crippen LogP contribution in [0.1, 0.15) is 290 Å². The molecular weight excluding hydrogens is 949 g/mol. The van der Waals surface area contributed by atoms with Gasteiger partial charge in [0.25, 0.3) is 0 Å². The molecule has 1 atom stereocenters. The minimum Gasteiger partial charge on any atom is -0.462 e. The molecule has 0 aromatic heterocycles. The zero-order valence-corrected chi connectivity index (χ0v) is 50.2. The minimum atomic E-state index is -0.820. The van der Waals surface area contributed by atoms with Gasteiger partial charge in [-0.3, -0.25) is 14.4 Å². The third-order valence-corrected chi connectivity index (χ3v) is 13.4. The van der Waals surface area contributed by atoms with Gasteiger partial charge in [0.05, 0.1) is 0 Å². The van der Waals surface area contributed by atoms with E-state index in [1.165, 1.54) is 135 Å². The van der Waals surface area contributed by atoms with Crippen LogP contribution in [0.25, 0.3) is 0 Å². The molecule has 0 aromatic rings. The molecule has 1 unspecified atom stereocenters. The maximum absolute atomic E-state index is 12.9. The highest BCUT2D eigenvalue weighted by Gasteiger charge is 2.19. The lowest BCUT2D eigenvalue weighted by atomic mass is 10.0. The summed E-state index contributed by atoms with van der Waals surface area (Å²) in [4.78, 5) is 38.2. The second-order valence-electron chi connectivity index (χ2n) is 20.9. The second-order valence-corrected chi connectivity index (χ2v) is 20.9. The van der Waals surface area contributed by atoms with Crippen LogP contribution >= 0.6 is 0 Å². The Morgan fingerprint density at radius 3 is 0.818 bits per heavy atom. The fraction of sp³-hybridized carbons (Fsp3) is 0.676. The van der Waals surface area contributed by atoms with Crippen molar-refractivity contribution in [2.45, 2.75) is 297 Å². The van der Waals surface area contributed by atoms with Gasteiger partial charge >= 0.3 is 17.9 Å². The van der Waals surface area contributed by atoms with Gasteiger partial charge in [-0.1, -0.05) is 264 Å². The van der Waals surface area contributed by atoms with Gasteiger partial charge in [-0.2, -0.15) is 0 Å². The number of carbonyl (C=O) groups is 3. The maximum Gasteiger partial charge on any atom is 0.306 e. The first-order valence-corrected chi connectivity index (χ1v) is 32.0. The Morgan fingerprint density at radius 1 is 0.273 bits per heavy atom. The molecule has 0 saturated heterocycles. The second kappa shape index (κ2) is 64.3. The van der Waals surface area contributed by atoms with Gasteiger partial charge in [0.15, 0.2) is 6.10 Å². The van der Waals surface area contributed by atoms with Gasteiger partial charge in [0, 0.05) is 19.3 Å². The van der Waals surface area contributed by atoms with E-state index in [0.717, 1.165) is 103 Å². The van der Waals surface area contributed by atoms with Crippen molar-refractivity contribution in [3.8, 4) is 0 Å². The third-order valence-electron chi connectivity index (χ3n) is 13.4. The molecule has 438 valence electrons. The molecule has 0 amide bonds. The van der Waals surface area contributed by atoms with Crippen molar-refractivity contribution in [1.82, 2.24) is 0 Å². The van der Waals surface area contributed by atoms with E-state index in [-0.39, 0.29) is 37.5 Å². The lowest BCUT2D eigenvalue weighted by molar-refractivity contribution is -0.167. The van der Waals surface area contributed by atoms with E-state index in [2.05, 4.69) is 142 Å². The summed E-state index contributed by atoms with van der Waals surface area (Å²) in [5.41, 5.74) is 0. The van der Waals surface area contributed by atoms with Crippen molar-refractivity contribution in [2.24, 2.45) is 0 Å². The molecule has 0 aliphatic heterocycles. The number of hydrogen-bond acceptors (Lipinski definition) is 6. The van der Waals surface area contributed by atoms with Crippen molar-refractivity contribution in [2.75, 3.05) is 13.2 Å². The molecule has 0 aliphatic rings. The highest BCUT2D eigenvalue weighted by atomic mass is 16.6. The molecular formula is C71H118O6. The van der Waals surface area contributed by atoms with Crippen LogP contribution in [-0.4, -0.2) is 37.2 Å². The normalized spacial score (nSPS) is 12.9. The Balaban J connectivity index is 4.30. The summed E-state index contributed by atoms with van der Waals surface area (Å²) in [6.07, 6.45) is 89.4. The SMILES string of the molecule is CC/C=C\C/C=C\C/C=C\C/C=C\CCCCC(=O)OCC(COC(=O)CCCCCCCCCCCCCCCCCCC/C=C\C/C=C\CCCCCCC)OC(=O)CCCC/C=C\C/C=C\C/C=C\C/C=C\CC. The fourth-order valence-corrected chi connectivity index (χ4v) is 8.69. The Morgan fingerprint density at radius 2 is 0.506 bits per heavy atom. The summed E-state index contributed by atoms with van der Waals surface area (Å²) >= 11 is 0. The summed E-state index contributed by atoms with van der Waals surface area (Å²) in [5.74, 6) is -0.991. The van der Waals surface area contributed by atoms with E-state index in [1.54, 1.807) is 0 Å². The van der Waals surface area contributed by atoms with Gasteiger partial charge in [0.2, 0.25) is 0 Å². The summed E-state index contributed by atoms with van der Waals surface area (Å²) in [6.45, 7) is 6.34. The number of ether oxygens (including phenoxy) is 3. The lowest BCUT2D eigenvalue weighted by Gasteiger charge is -2.18. The quantitative estimate of drug-likeness (QED) is 0.0261. The molecule has 0 bridgehead atoms. The molecule has 0 spiro atoms. The fourth-order valence-electron chi connectivity index (χ4n) is 8.69. The van der Waals surface area contributed by atoms with Crippen molar-refractivity contribution in [3.63, 3.8) is 0 Å². The first-order valence-electron chi connectivity index (χ1n) is 32.0. The number of esters is 3. The summed E-state index contributed by atoms with van der Waals surface area (Å²) in [6, 6.07) is 0. The van der Waals surface area contributed by atoms with Crippen LogP contribution in [0.5, 0.6) is 0 Å². The molecule has 0 saturated carbocycles. The van der Waals surface area contributed by atoms with Crippen LogP contribution in [0.2, 0.25) is 0 Å². The predicted molar refractivity (Wildman–Crippen MR) is 334 cm³/mol. The van der Waals surface area contributed by atoms with Gasteiger partial charge < -0.3 is 14.2 Å².